The van der Waals surface area contributed by atoms with Gasteiger partial charge in [-0.1, -0.05) is 0 Å². The van der Waals surface area contributed by atoms with Crippen molar-refractivity contribution in [2.45, 2.75) is 24.4 Å². The van der Waals surface area contributed by atoms with Gasteiger partial charge in [-0.05, 0) is 0 Å². The first-order chi connectivity index (χ1) is 6.91. The smallest absolute Gasteiger partial charge is 0.857 e. The van der Waals surface area contributed by atoms with E-state index >= 15 is 0 Å². The molecule has 10 heteroatoms. The summed E-state index contributed by atoms with van der Waals surface area (Å²) < 4.78 is 0. The number of nitrogens with two attached hydrogens (primary N) is 1. The standard InChI is InChI=1S/C6H13NO6.CH3O.ClH.Na/c7-6(13)5(12)4(11)3(10)2(9)1-8;1-2;;/h2-5,8-12H,1H2,(H2,7,13);1H3;1H;/q;-1;;+1. The summed E-state index contributed by atoms with van der Waals surface area (Å²) in [7, 11) is 0.750. The van der Waals surface area contributed by atoms with Crippen molar-refractivity contribution in [3.05, 3.63) is 0 Å². The van der Waals surface area contributed by atoms with Gasteiger partial charge in [0.25, 0.3) is 0 Å². The molecule has 0 aliphatic heterocycles. The third-order valence-corrected chi connectivity index (χ3v) is 1.55. The molecular weight excluding hydrogens is 269 g/mol. The maximum Gasteiger partial charge on any atom is 1.00 e. The van der Waals surface area contributed by atoms with E-state index in [1.54, 1.807) is 0 Å². The Morgan fingerprint density at radius 3 is 1.76 bits per heavy atom. The average molecular weight is 286 g/mol. The Morgan fingerprint density at radius 2 is 1.53 bits per heavy atom. The van der Waals surface area contributed by atoms with Gasteiger partial charge in [-0.15, -0.1) is 12.4 Å². The minimum Gasteiger partial charge on any atom is -0.857 e. The van der Waals surface area contributed by atoms with Gasteiger partial charge in [-0.3, -0.25) is 4.79 Å². The molecule has 7 N–H and O–H groups in total. The summed E-state index contributed by atoms with van der Waals surface area (Å²) >= 11 is 0. The van der Waals surface area contributed by atoms with E-state index in [2.05, 4.69) is 5.73 Å². The van der Waals surface area contributed by atoms with Crippen molar-refractivity contribution in [1.29, 1.82) is 0 Å². The van der Waals surface area contributed by atoms with Gasteiger partial charge in [-0.2, -0.15) is 7.11 Å². The van der Waals surface area contributed by atoms with Crippen molar-refractivity contribution in [2.24, 2.45) is 5.73 Å². The first-order valence-electron chi connectivity index (χ1n) is 3.95. The van der Waals surface area contributed by atoms with Crippen LogP contribution in [0.1, 0.15) is 0 Å². The average Bonchev–Trinajstić information content (AvgIpc) is 2.27. The predicted molar refractivity (Wildman–Crippen MR) is 53.5 cm³/mol. The summed E-state index contributed by atoms with van der Waals surface area (Å²) in [6.07, 6.45) is -7.35. The van der Waals surface area contributed by atoms with Crippen LogP contribution in [0.25, 0.3) is 0 Å². The minimum atomic E-state index is -1.98. The topological polar surface area (TPSA) is 167 Å². The predicted octanol–water partition coefficient (Wildman–Crippen LogP) is -7.69. The molecule has 0 heterocycles. The number of rotatable bonds is 5. The van der Waals surface area contributed by atoms with Crippen LogP contribution >= 0.6 is 12.4 Å². The second kappa shape index (κ2) is 14.6. The number of aliphatic hydroxyl groups is 5. The van der Waals surface area contributed by atoms with Gasteiger partial charge in [0, 0.05) is 0 Å². The Labute approximate surface area is 127 Å². The zero-order valence-corrected chi connectivity index (χ0v) is 12.4. The van der Waals surface area contributed by atoms with Crippen LogP contribution < -0.4 is 40.4 Å². The molecule has 0 saturated carbocycles. The molecule has 0 aromatic rings. The molecule has 8 nitrogen and oxygen atoms in total. The summed E-state index contributed by atoms with van der Waals surface area (Å²) in [6, 6.07) is 0. The zero-order chi connectivity index (χ0) is 12.6. The second-order valence-electron chi connectivity index (χ2n) is 2.58. The number of carbonyl (C=O) groups excluding carboxylic acids is 1. The molecule has 0 rings (SSSR count). The van der Waals surface area contributed by atoms with Gasteiger partial charge in [0.1, 0.15) is 18.3 Å². The minimum absolute atomic E-state index is 0. The van der Waals surface area contributed by atoms with Crippen LogP contribution in [0.15, 0.2) is 0 Å². The molecule has 17 heavy (non-hydrogen) atoms. The van der Waals surface area contributed by atoms with Gasteiger partial charge >= 0.3 is 29.6 Å². The van der Waals surface area contributed by atoms with Gasteiger partial charge < -0.3 is 36.4 Å². The van der Waals surface area contributed by atoms with Crippen molar-refractivity contribution in [2.75, 3.05) is 13.7 Å². The van der Waals surface area contributed by atoms with Crippen LogP contribution in [-0.2, 0) is 4.79 Å². The van der Waals surface area contributed by atoms with E-state index in [0.717, 1.165) is 7.11 Å². The third-order valence-electron chi connectivity index (χ3n) is 1.55. The van der Waals surface area contributed by atoms with E-state index in [1.807, 2.05) is 0 Å². The van der Waals surface area contributed by atoms with Crippen molar-refractivity contribution >= 4 is 18.3 Å². The van der Waals surface area contributed by atoms with Crippen molar-refractivity contribution in [3.63, 3.8) is 0 Å². The summed E-state index contributed by atoms with van der Waals surface area (Å²) in [6.45, 7) is -0.802. The monoisotopic (exact) mass is 285 g/mol. The molecule has 100 valence electrons. The number of aliphatic hydroxyl groups excluding tert-OH is 5. The normalized spacial score (nSPS) is 15.9. The number of halogens is 1. The van der Waals surface area contributed by atoms with E-state index in [9.17, 15) is 4.79 Å². The Kier molecular flexibility index (Phi) is 22.4. The Balaban J connectivity index is -0.000000199. The summed E-state index contributed by atoms with van der Waals surface area (Å²) in [5.41, 5.74) is 4.61. The molecule has 0 bridgehead atoms. The van der Waals surface area contributed by atoms with Gasteiger partial charge in [-0.25, -0.2) is 0 Å². The van der Waals surface area contributed by atoms with E-state index < -0.39 is 36.9 Å². The van der Waals surface area contributed by atoms with E-state index in [4.69, 9.17) is 30.6 Å². The Hall–Kier alpha value is 0.520. The molecule has 0 aliphatic carbocycles. The van der Waals surface area contributed by atoms with Crippen LogP contribution in [0, 0.1) is 0 Å². The Morgan fingerprint density at radius 1 is 1.18 bits per heavy atom. The van der Waals surface area contributed by atoms with Crippen molar-refractivity contribution in [3.8, 4) is 0 Å². The molecule has 0 aromatic carbocycles. The molecule has 0 saturated heterocycles. The SMILES string of the molecule is C[O-].Cl.NC(=O)C(O)C(O)C(O)C(O)CO.[Na+]. The number of hydrogen-bond acceptors (Lipinski definition) is 7. The Bertz CT molecular complexity index is 188. The molecule has 0 radical (unpaired) electrons. The second-order valence-corrected chi connectivity index (χ2v) is 2.58. The number of primary amides is 1. The largest absolute Gasteiger partial charge is 1.00 e. The molecule has 0 spiro atoms. The van der Waals surface area contributed by atoms with Crippen LogP contribution in [0.5, 0.6) is 0 Å². The maximum absolute atomic E-state index is 10.3. The fraction of sp³-hybridized carbons (Fsp3) is 0.857. The van der Waals surface area contributed by atoms with E-state index in [-0.39, 0.29) is 42.0 Å². The van der Waals surface area contributed by atoms with Crippen LogP contribution in [-0.4, -0.2) is 69.6 Å². The third kappa shape index (κ3) is 10.2. The molecule has 0 fully saturated rings. The zero-order valence-electron chi connectivity index (χ0n) is 9.55. The molecule has 1 amide bonds. The quantitative estimate of drug-likeness (QED) is 0.273. The summed E-state index contributed by atoms with van der Waals surface area (Å²) in [5.74, 6) is -1.23. The van der Waals surface area contributed by atoms with E-state index in [0.29, 0.717) is 0 Å². The summed E-state index contributed by atoms with van der Waals surface area (Å²) in [5, 5.41) is 52.2. The number of hydrogen-bond donors (Lipinski definition) is 6. The molecule has 4 unspecified atom stereocenters. The van der Waals surface area contributed by atoms with Gasteiger partial charge in [0.15, 0.2) is 6.10 Å². The first kappa shape index (κ1) is 26.2. The van der Waals surface area contributed by atoms with Crippen molar-refractivity contribution < 1.29 is 65.0 Å². The van der Waals surface area contributed by atoms with Crippen molar-refractivity contribution in [1.82, 2.24) is 0 Å². The molecule has 4 atom stereocenters. The molecular formula is C7H17ClNNaO7. The van der Waals surface area contributed by atoms with Gasteiger partial charge in [0.2, 0.25) is 5.91 Å². The first-order valence-corrected chi connectivity index (χ1v) is 3.95. The number of carbonyl (C=O) groups is 1. The molecule has 0 aliphatic rings. The van der Waals surface area contributed by atoms with E-state index in [1.165, 1.54) is 0 Å². The maximum atomic E-state index is 10.3. The fourth-order valence-corrected chi connectivity index (χ4v) is 0.691. The number of amides is 1. The molecule has 0 aromatic heterocycles. The van der Waals surface area contributed by atoms with Crippen LogP contribution in [0.2, 0.25) is 0 Å². The summed E-state index contributed by atoms with van der Waals surface area (Å²) in [4.78, 5) is 10.3. The van der Waals surface area contributed by atoms with Crippen LogP contribution in [0.4, 0.5) is 0 Å². The van der Waals surface area contributed by atoms with Gasteiger partial charge in [0.05, 0.1) is 6.61 Å². The van der Waals surface area contributed by atoms with Crippen LogP contribution in [0.3, 0.4) is 0 Å². The fourth-order valence-electron chi connectivity index (χ4n) is 0.691.